The molecule has 1 aliphatic heterocycles. The van der Waals surface area contributed by atoms with Gasteiger partial charge >= 0.3 is 0 Å². The maximum atomic E-state index is 9.42. The second-order valence-electron chi connectivity index (χ2n) is 7.95. The standard InChI is InChI=1S/C23H35N5O2.HI/c1-2-24-22(27-18-23(10-15-29)11-16-30-19-23)26-17-21-25-12-14-28(21)13-6-9-20-7-4-3-5-8-20;/h3-5,7-8,12,14,29H,2,6,9-11,13,15-19H2,1H3,(H2,24,26,27);1H. The highest BCUT2D eigenvalue weighted by Crippen LogP contribution is 2.31. The van der Waals surface area contributed by atoms with Crippen molar-refractivity contribution >= 4 is 29.9 Å². The molecule has 1 aromatic carbocycles. The van der Waals surface area contributed by atoms with Crippen LogP contribution in [0.25, 0.3) is 0 Å². The van der Waals surface area contributed by atoms with Gasteiger partial charge in [0.05, 0.1) is 6.61 Å². The first-order valence-electron chi connectivity index (χ1n) is 11.0. The molecule has 0 aliphatic carbocycles. The molecule has 8 heteroatoms. The number of ether oxygens (including phenoxy) is 1. The van der Waals surface area contributed by atoms with Gasteiger partial charge in [-0.2, -0.15) is 0 Å². The summed E-state index contributed by atoms with van der Waals surface area (Å²) in [6.45, 7) is 6.67. The largest absolute Gasteiger partial charge is 0.396 e. The monoisotopic (exact) mass is 541 g/mol. The van der Waals surface area contributed by atoms with Crippen molar-refractivity contribution in [2.24, 2.45) is 10.4 Å². The van der Waals surface area contributed by atoms with E-state index in [-0.39, 0.29) is 36.0 Å². The van der Waals surface area contributed by atoms with Crippen molar-refractivity contribution in [1.82, 2.24) is 20.2 Å². The van der Waals surface area contributed by atoms with Crippen LogP contribution in [0.5, 0.6) is 0 Å². The minimum Gasteiger partial charge on any atom is -0.396 e. The van der Waals surface area contributed by atoms with Gasteiger partial charge in [-0.25, -0.2) is 9.98 Å². The lowest BCUT2D eigenvalue weighted by Gasteiger charge is -2.27. The van der Waals surface area contributed by atoms with Crippen LogP contribution in [-0.4, -0.2) is 53.5 Å². The molecule has 0 spiro atoms. The first-order chi connectivity index (χ1) is 14.7. The molecule has 3 rings (SSSR count). The van der Waals surface area contributed by atoms with Gasteiger partial charge in [0.25, 0.3) is 0 Å². The van der Waals surface area contributed by atoms with Crippen LogP contribution in [0.3, 0.4) is 0 Å². The van der Waals surface area contributed by atoms with Crippen molar-refractivity contribution in [2.45, 2.75) is 45.7 Å². The fourth-order valence-electron chi connectivity index (χ4n) is 3.87. The highest BCUT2D eigenvalue weighted by atomic mass is 127. The van der Waals surface area contributed by atoms with E-state index >= 15 is 0 Å². The number of hydrogen-bond acceptors (Lipinski definition) is 4. The molecule has 0 saturated carbocycles. The average Bonchev–Trinajstić information content (AvgIpc) is 3.41. The minimum atomic E-state index is -0.0130. The van der Waals surface area contributed by atoms with E-state index in [1.165, 1.54) is 5.56 Å². The lowest BCUT2D eigenvalue weighted by Crippen LogP contribution is -2.44. The Bertz CT molecular complexity index is 775. The molecule has 7 nitrogen and oxygen atoms in total. The van der Waals surface area contributed by atoms with E-state index in [1.54, 1.807) is 0 Å². The number of benzene rings is 1. The summed E-state index contributed by atoms with van der Waals surface area (Å²) < 4.78 is 7.77. The molecule has 1 fully saturated rings. The fourth-order valence-corrected chi connectivity index (χ4v) is 3.87. The van der Waals surface area contributed by atoms with Gasteiger partial charge in [-0.1, -0.05) is 30.3 Å². The Kier molecular flexibility index (Phi) is 11.3. The normalized spacial score (nSPS) is 18.6. The highest BCUT2D eigenvalue weighted by Gasteiger charge is 2.34. The summed E-state index contributed by atoms with van der Waals surface area (Å²) in [5, 5.41) is 16.2. The zero-order valence-electron chi connectivity index (χ0n) is 18.4. The van der Waals surface area contributed by atoms with E-state index < -0.39 is 0 Å². The molecule has 1 saturated heterocycles. The van der Waals surface area contributed by atoms with E-state index in [9.17, 15) is 5.11 Å². The van der Waals surface area contributed by atoms with Gasteiger partial charge in [-0.15, -0.1) is 24.0 Å². The smallest absolute Gasteiger partial charge is 0.191 e. The lowest BCUT2D eigenvalue weighted by atomic mass is 9.84. The first kappa shape index (κ1) is 25.6. The maximum Gasteiger partial charge on any atom is 0.191 e. The summed E-state index contributed by atoms with van der Waals surface area (Å²) in [6.07, 6.45) is 7.71. The zero-order chi connectivity index (χ0) is 21.1. The van der Waals surface area contributed by atoms with Crippen molar-refractivity contribution in [3.05, 3.63) is 54.1 Å². The molecule has 3 N–H and O–H groups in total. The summed E-state index contributed by atoms with van der Waals surface area (Å²) in [4.78, 5) is 9.24. The number of imidazole rings is 1. The van der Waals surface area contributed by atoms with Crippen molar-refractivity contribution in [3.63, 3.8) is 0 Å². The summed E-state index contributed by atoms with van der Waals surface area (Å²) >= 11 is 0. The third-order valence-corrected chi connectivity index (χ3v) is 5.69. The predicted molar refractivity (Wildman–Crippen MR) is 135 cm³/mol. The zero-order valence-corrected chi connectivity index (χ0v) is 20.8. The molecule has 31 heavy (non-hydrogen) atoms. The number of halogens is 1. The van der Waals surface area contributed by atoms with Gasteiger partial charge in [0.1, 0.15) is 12.4 Å². The second kappa shape index (κ2) is 13.7. The molecular formula is C23H36IN5O2. The summed E-state index contributed by atoms with van der Waals surface area (Å²) in [5.41, 5.74) is 1.35. The number of aromatic nitrogens is 2. The number of aryl methyl sites for hydroxylation is 2. The molecule has 1 unspecified atom stereocenters. The van der Waals surface area contributed by atoms with Crippen LogP contribution in [0.15, 0.2) is 47.7 Å². The van der Waals surface area contributed by atoms with Gasteiger partial charge in [0.2, 0.25) is 0 Å². The fraction of sp³-hybridized carbons (Fsp3) is 0.565. The Labute approximate surface area is 202 Å². The van der Waals surface area contributed by atoms with E-state index in [1.807, 2.05) is 12.4 Å². The van der Waals surface area contributed by atoms with Crippen molar-refractivity contribution < 1.29 is 9.84 Å². The molecule has 2 aromatic rings. The molecule has 0 amide bonds. The number of aliphatic hydroxyl groups excluding tert-OH is 1. The maximum absolute atomic E-state index is 9.42. The molecule has 0 radical (unpaired) electrons. The van der Waals surface area contributed by atoms with Crippen molar-refractivity contribution in [3.8, 4) is 0 Å². The van der Waals surface area contributed by atoms with Crippen LogP contribution < -0.4 is 10.6 Å². The summed E-state index contributed by atoms with van der Waals surface area (Å²) in [6, 6.07) is 10.6. The number of nitrogens with zero attached hydrogens (tertiary/aromatic N) is 3. The molecule has 1 aliphatic rings. The molecule has 2 heterocycles. The SMILES string of the molecule is CCNC(=NCc1nccn1CCCc1ccccc1)NCC1(CCO)CCOC1.I. The number of hydrogen-bond donors (Lipinski definition) is 3. The summed E-state index contributed by atoms with van der Waals surface area (Å²) in [5.74, 6) is 1.75. The Morgan fingerprint density at radius 3 is 2.84 bits per heavy atom. The Morgan fingerprint density at radius 1 is 1.29 bits per heavy atom. The van der Waals surface area contributed by atoms with Crippen LogP contribution in [-0.2, 0) is 24.2 Å². The number of nitrogens with one attached hydrogen (secondary N) is 2. The topological polar surface area (TPSA) is 83.7 Å². The van der Waals surface area contributed by atoms with Crippen LogP contribution in [0, 0.1) is 5.41 Å². The number of guanidine groups is 1. The number of rotatable bonds is 11. The number of aliphatic hydroxyl groups is 1. The van der Waals surface area contributed by atoms with Gasteiger partial charge in [0.15, 0.2) is 5.96 Å². The Morgan fingerprint density at radius 2 is 2.13 bits per heavy atom. The minimum absolute atomic E-state index is 0. The third-order valence-electron chi connectivity index (χ3n) is 5.69. The lowest BCUT2D eigenvalue weighted by molar-refractivity contribution is 0.127. The molecule has 172 valence electrons. The molecule has 1 aromatic heterocycles. The number of aliphatic imine (C=N–C) groups is 1. The van der Waals surface area contributed by atoms with Crippen LogP contribution in [0.1, 0.15) is 37.6 Å². The second-order valence-corrected chi connectivity index (χ2v) is 7.95. The van der Waals surface area contributed by atoms with Gasteiger partial charge in [-0.05, 0) is 38.2 Å². The first-order valence-corrected chi connectivity index (χ1v) is 11.0. The van der Waals surface area contributed by atoms with Crippen LogP contribution >= 0.6 is 24.0 Å². The van der Waals surface area contributed by atoms with Crippen LogP contribution in [0.2, 0.25) is 0 Å². The molecular weight excluding hydrogens is 505 g/mol. The van der Waals surface area contributed by atoms with Gasteiger partial charge in [0, 0.05) is 50.7 Å². The Hall–Kier alpha value is -1.65. The van der Waals surface area contributed by atoms with Crippen molar-refractivity contribution in [2.75, 3.05) is 32.9 Å². The quantitative estimate of drug-likeness (QED) is 0.232. The van der Waals surface area contributed by atoms with Gasteiger partial charge < -0.3 is 25.0 Å². The predicted octanol–water partition coefficient (Wildman–Crippen LogP) is 2.98. The van der Waals surface area contributed by atoms with Gasteiger partial charge in [-0.3, -0.25) is 0 Å². The third kappa shape index (κ3) is 8.08. The Balaban J connectivity index is 0.00000341. The van der Waals surface area contributed by atoms with E-state index in [2.05, 4.69) is 57.4 Å². The van der Waals surface area contributed by atoms with Crippen LogP contribution in [0.4, 0.5) is 0 Å². The van der Waals surface area contributed by atoms with E-state index in [0.29, 0.717) is 13.2 Å². The van der Waals surface area contributed by atoms with E-state index in [4.69, 9.17) is 9.73 Å². The van der Waals surface area contributed by atoms with Crippen molar-refractivity contribution in [1.29, 1.82) is 0 Å². The molecule has 0 bridgehead atoms. The summed E-state index contributed by atoms with van der Waals surface area (Å²) in [7, 11) is 0. The average molecular weight is 541 g/mol. The highest BCUT2D eigenvalue weighted by molar-refractivity contribution is 14.0. The molecule has 1 atom stereocenters. The van der Waals surface area contributed by atoms with E-state index in [0.717, 1.165) is 63.7 Å².